The first kappa shape index (κ1) is 5.23. The standard InChI is InChI=1S/C5H7N/c1-2-3-4-5-6/h5-6H,2H2,1H3. The van der Waals surface area contributed by atoms with Crippen LogP contribution in [0.15, 0.2) is 0 Å². The van der Waals surface area contributed by atoms with Crippen LogP contribution < -0.4 is 0 Å². The van der Waals surface area contributed by atoms with Gasteiger partial charge in [0.1, 0.15) is 0 Å². The molecule has 0 unspecified atom stereocenters. The minimum Gasteiger partial charge on any atom is -0.300 e. The lowest BCUT2D eigenvalue weighted by Gasteiger charge is -1.59. The van der Waals surface area contributed by atoms with Gasteiger partial charge in [0.15, 0.2) is 0 Å². The molecule has 1 heteroatoms. The van der Waals surface area contributed by atoms with E-state index in [9.17, 15) is 0 Å². The van der Waals surface area contributed by atoms with E-state index in [0.29, 0.717) is 0 Å². The highest BCUT2D eigenvalue weighted by Crippen LogP contribution is 1.62. The van der Waals surface area contributed by atoms with Crippen LogP contribution in [0.3, 0.4) is 0 Å². The summed E-state index contributed by atoms with van der Waals surface area (Å²) in [7, 11) is 0. The molecule has 0 aliphatic rings. The van der Waals surface area contributed by atoms with Crippen LogP contribution in [0.1, 0.15) is 13.3 Å². The zero-order valence-corrected chi connectivity index (χ0v) is 3.78. The van der Waals surface area contributed by atoms with Crippen molar-refractivity contribution in [2.24, 2.45) is 0 Å². The lowest BCUT2D eigenvalue weighted by Crippen LogP contribution is -1.55. The van der Waals surface area contributed by atoms with E-state index in [1.807, 2.05) is 6.92 Å². The Morgan fingerprint density at radius 2 is 2.50 bits per heavy atom. The summed E-state index contributed by atoms with van der Waals surface area (Å²) in [5, 5.41) is 6.41. The van der Waals surface area contributed by atoms with Crippen LogP contribution in [-0.4, -0.2) is 6.21 Å². The quantitative estimate of drug-likeness (QED) is 0.333. The van der Waals surface area contributed by atoms with Crippen molar-refractivity contribution in [2.75, 3.05) is 0 Å². The highest BCUT2D eigenvalue weighted by Gasteiger charge is 1.52. The van der Waals surface area contributed by atoms with Crippen LogP contribution in [0.5, 0.6) is 0 Å². The molecule has 0 spiro atoms. The lowest BCUT2D eigenvalue weighted by atomic mass is 10.5. The third kappa shape index (κ3) is 3.23. The molecule has 0 saturated heterocycles. The maximum atomic E-state index is 6.41. The molecule has 1 N–H and O–H groups in total. The van der Waals surface area contributed by atoms with Gasteiger partial charge >= 0.3 is 0 Å². The van der Waals surface area contributed by atoms with E-state index in [1.54, 1.807) is 0 Å². The Morgan fingerprint density at radius 1 is 1.83 bits per heavy atom. The van der Waals surface area contributed by atoms with Crippen LogP contribution in [0.2, 0.25) is 0 Å². The highest BCUT2D eigenvalue weighted by atomic mass is 14.3. The Labute approximate surface area is 37.9 Å². The molecule has 0 aliphatic carbocycles. The zero-order chi connectivity index (χ0) is 4.83. The van der Waals surface area contributed by atoms with Crippen LogP contribution in [0.25, 0.3) is 0 Å². The van der Waals surface area contributed by atoms with Gasteiger partial charge in [-0.05, 0) is 0 Å². The Morgan fingerprint density at radius 3 is 2.67 bits per heavy atom. The molecule has 0 aromatic heterocycles. The molecule has 0 amide bonds. The summed E-state index contributed by atoms with van der Waals surface area (Å²) >= 11 is 0. The van der Waals surface area contributed by atoms with Gasteiger partial charge in [-0.3, -0.25) is 5.41 Å². The van der Waals surface area contributed by atoms with Gasteiger partial charge in [-0.1, -0.05) is 18.8 Å². The summed E-state index contributed by atoms with van der Waals surface area (Å²) in [6.45, 7) is 1.95. The minimum atomic E-state index is 0.843. The number of rotatable bonds is 0. The second kappa shape index (κ2) is 4.23. The first-order valence-corrected chi connectivity index (χ1v) is 1.89. The average molecular weight is 81.1 g/mol. The number of nitrogens with one attached hydrogen (secondary N) is 1. The van der Waals surface area contributed by atoms with Crippen molar-refractivity contribution in [1.82, 2.24) is 0 Å². The third-order valence-electron chi connectivity index (χ3n) is 0.351. The van der Waals surface area contributed by atoms with E-state index in [0.717, 1.165) is 12.6 Å². The smallest absolute Gasteiger partial charge is 0.0676 e. The predicted molar refractivity (Wildman–Crippen MR) is 26.9 cm³/mol. The predicted octanol–water partition coefficient (Wildman–Crippen LogP) is 1.05. The van der Waals surface area contributed by atoms with Gasteiger partial charge in [-0.25, -0.2) is 0 Å². The largest absolute Gasteiger partial charge is 0.300 e. The number of hydrogen-bond acceptors (Lipinski definition) is 1. The van der Waals surface area contributed by atoms with Crippen LogP contribution in [0, 0.1) is 17.3 Å². The monoisotopic (exact) mass is 81.1 g/mol. The molecule has 32 valence electrons. The van der Waals surface area contributed by atoms with Crippen molar-refractivity contribution in [3.05, 3.63) is 0 Å². The summed E-state index contributed by atoms with van der Waals surface area (Å²) in [6, 6.07) is 0. The van der Waals surface area contributed by atoms with E-state index in [2.05, 4.69) is 11.8 Å². The van der Waals surface area contributed by atoms with Gasteiger partial charge in [0, 0.05) is 6.42 Å². The maximum absolute atomic E-state index is 6.41. The minimum absolute atomic E-state index is 0.843. The van der Waals surface area contributed by atoms with E-state index in [4.69, 9.17) is 5.41 Å². The average Bonchev–Trinajstić information content (AvgIpc) is 1.61. The lowest BCUT2D eigenvalue weighted by molar-refractivity contribution is 1.28. The molecule has 0 rings (SSSR count). The fourth-order valence-electron chi connectivity index (χ4n) is 0.153. The molecule has 0 atom stereocenters. The molecule has 0 bridgehead atoms. The highest BCUT2D eigenvalue weighted by molar-refractivity contribution is 5.74. The summed E-state index contributed by atoms with van der Waals surface area (Å²) in [6.07, 6.45) is 1.94. The summed E-state index contributed by atoms with van der Waals surface area (Å²) < 4.78 is 0. The zero-order valence-electron chi connectivity index (χ0n) is 3.78. The molecule has 0 radical (unpaired) electrons. The molecular weight excluding hydrogens is 74.1 g/mol. The molecular formula is C5H7N. The molecule has 0 aromatic carbocycles. The topological polar surface area (TPSA) is 23.9 Å². The Kier molecular flexibility index (Phi) is 3.69. The van der Waals surface area contributed by atoms with E-state index < -0.39 is 0 Å². The number of hydrogen-bond donors (Lipinski definition) is 1. The first-order valence-electron chi connectivity index (χ1n) is 1.89. The van der Waals surface area contributed by atoms with E-state index >= 15 is 0 Å². The summed E-state index contributed by atoms with van der Waals surface area (Å²) in [5.41, 5.74) is 0. The van der Waals surface area contributed by atoms with Gasteiger partial charge < -0.3 is 0 Å². The van der Waals surface area contributed by atoms with Crippen molar-refractivity contribution in [2.45, 2.75) is 13.3 Å². The Hall–Kier alpha value is -0.770. The normalized spacial score (nSPS) is 5.50. The second-order valence-corrected chi connectivity index (χ2v) is 0.819. The van der Waals surface area contributed by atoms with Crippen molar-refractivity contribution in [3.8, 4) is 11.8 Å². The summed E-state index contributed by atoms with van der Waals surface area (Å²) in [5.74, 6) is 5.19. The fourth-order valence-corrected chi connectivity index (χ4v) is 0.153. The van der Waals surface area contributed by atoms with Gasteiger partial charge in [-0.2, -0.15) is 0 Å². The van der Waals surface area contributed by atoms with Gasteiger partial charge in [0.25, 0.3) is 0 Å². The molecule has 0 heterocycles. The Balaban J connectivity index is 3.13. The fraction of sp³-hybridized carbons (Fsp3) is 0.400. The van der Waals surface area contributed by atoms with Gasteiger partial charge in [0.05, 0.1) is 6.21 Å². The van der Waals surface area contributed by atoms with Crippen molar-refractivity contribution < 1.29 is 0 Å². The van der Waals surface area contributed by atoms with Crippen LogP contribution in [-0.2, 0) is 0 Å². The van der Waals surface area contributed by atoms with Crippen LogP contribution in [0.4, 0.5) is 0 Å². The van der Waals surface area contributed by atoms with Gasteiger partial charge in [0.2, 0.25) is 0 Å². The molecule has 0 aromatic rings. The van der Waals surface area contributed by atoms with E-state index in [-0.39, 0.29) is 0 Å². The third-order valence-corrected chi connectivity index (χ3v) is 0.351. The van der Waals surface area contributed by atoms with Crippen LogP contribution >= 0.6 is 0 Å². The Bertz CT molecular complexity index is 83.8. The SMILES string of the molecule is CCC#CC=N. The van der Waals surface area contributed by atoms with Crippen molar-refractivity contribution in [3.63, 3.8) is 0 Å². The van der Waals surface area contributed by atoms with Crippen molar-refractivity contribution >= 4 is 6.21 Å². The van der Waals surface area contributed by atoms with E-state index in [1.165, 1.54) is 0 Å². The maximum Gasteiger partial charge on any atom is 0.0676 e. The second-order valence-electron chi connectivity index (χ2n) is 0.819. The summed E-state index contributed by atoms with van der Waals surface area (Å²) in [4.78, 5) is 0. The molecule has 1 nitrogen and oxygen atoms in total. The molecule has 6 heavy (non-hydrogen) atoms. The molecule has 0 aliphatic heterocycles. The van der Waals surface area contributed by atoms with Crippen molar-refractivity contribution in [1.29, 1.82) is 5.41 Å². The van der Waals surface area contributed by atoms with Gasteiger partial charge in [-0.15, -0.1) is 0 Å². The molecule has 0 saturated carbocycles. The molecule has 0 fully saturated rings. The first-order chi connectivity index (χ1) is 2.91.